The molecule has 2 rings (SSSR count). The highest BCUT2D eigenvalue weighted by Crippen LogP contribution is 2.39. The molecule has 0 amide bonds. The number of carboxylic acids is 1. The van der Waals surface area contributed by atoms with Gasteiger partial charge in [-0.15, -0.1) is 0 Å². The number of hydrogen-bond acceptors (Lipinski definition) is 3. The maximum Gasteiger partial charge on any atom is 0.305 e. The van der Waals surface area contributed by atoms with Crippen LogP contribution in [0.15, 0.2) is 0 Å². The molecule has 1 heterocycles. The van der Waals surface area contributed by atoms with Gasteiger partial charge in [0.05, 0.1) is 12.5 Å². The molecule has 2 aliphatic rings. The number of nitrogens with zero attached hydrogens (tertiary/aromatic N) is 1. The molecule has 0 radical (unpaired) electrons. The number of carboxylic acid groups (broad SMARTS) is 1. The maximum atomic E-state index is 11.4. The molecule has 2 atom stereocenters. The summed E-state index contributed by atoms with van der Waals surface area (Å²) in [6, 6.07) is 0.479. The fourth-order valence-corrected chi connectivity index (χ4v) is 4.27. The number of ether oxygens (including phenoxy) is 1. The van der Waals surface area contributed by atoms with Gasteiger partial charge in [-0.05, 0) is 39.2 Å². The van der Waals surface area contributed by atoms with Gasteiger partial charge in [-0.3, -0.25) is 9.69 Å². The Morgan fingerprint density at radius 2 is 2.05 bits per heavy atom. The van der Waals surface area contributed by atoms with Crippen molar-refractivity contribution in [2.75, 3.05) is 13.7 Å². The Balaban J connectivity index is 2.06. The molecule has 1 saturated carbocycles. The minimum Gasteiger partial charge on any atom is -0.481 e. The first-order chi connectivity index (χ1) is 10.1. The van der Waals surface area contributed by atoms with Crippen LogP contribution in [0.1, 0.15) is 71.1 Å². The summed E-state index contributed by atoms with van der Waals surface area (Å²) in [6.07, 6.45) is 10.7. The number of hydrogen-bond donors (Lipinski definition) is 1. The second-order valence-corrected chi connectivity index (χ2v) is 6.93. The summed E-state index contributed by atoms with van der Waals surface area (Å²) in [6.45, 7) is 3.02. The van der Waals surface area contributed by atoms with Crippen molar-refractivity contribution in [3.05, 3.63) is 0 Å². The van der Waals surface area contributed by atoms with Gasteiger partial charge in [-0.25, -0.2) is 0 Å². The molecule has 122 valence electrons. The Morgan fingerprint density at radius 1 is 1.33 bits per heavy atom. The van der Waals surface area contributed by atoms with Crippen molar-refractivity contribution in [3.8, 4) is 0 Å². The van der Waals surface area contributed by atoms with Crippen molar-refractivity contribution in [2.45, 2.75) is 88.8 Å². The minimum atomic E-state index is -0.652. The van der Waals surface area contributed by atoms with Gasteiger partial charge in [-0.2, -0.15) is 0 Å². The largest absolute Gasteiger partial charge is 0.481 e. The molecule has 0 bridgehead atoms. The molecule has 0 aromatic heterocycles. The molecular formula is C17H31NO3. The molecule has 1 aliphatic heterocycles. The Labute approximate surface area is 128 Å². The first kappa shape index (κ1) is 16.8. The van der Waals surface area contributed by atoms with Gasteiger partial charge in [0.2, 0.25) is 0 Å². The van der Waals surface area contributed by atoms with E-state index >= 15 is 0 Å². The first-order valence-electron chi connectivity index (χ1n) is 8.64. The average molecular weight is 297 g/mol. The zero-order chi connectivity index (χ0) is 15.3. The van der Waals surface area contributed by atoms with Crippen LogP contribution in [-0.2, 0) is 9.53 Å². The van der Waals surface area contributed by atoms with Crippen molar-refractivity contribution in [3.63, 3.8) is 0 Å². The Morgan fingerprint density at radius 3 is 2.67 bits per heavy atom. The van der Waals surface area contributed by atoms with Crippen LogP contribution >= 0.6 is 0 Å². The van der Waals surface area contributed by atoms with Gasteiger partial charge in [-0.1, -0.05) is 32.6 Å². The van der Waals surface area contributed by atoms with Crippen molar-refractivity contribution in [2.24, 2.45) is 0 Å². The van der Waals surface area contributed by atoms with E-state index in [1.54, 1.807) is 0 Å². The van der Waals surface area contributed by atoms with Crippen LogP contribution in [0.5, 0.6) is 0 Å². The van der Waals surface area contributed by atoms with E-state index in [0.717, 1.165) is 45.1 Å². The lowest BCUT2D eigenvalue weighted by atomic mass is 9.76. The van der Waals surface area contributed by atoms with Crippen molar-refractivity contribution >= 4 is 5.97 Å². The van der Waals surface area contributed by atoms with Crippen LogP contribution in [0.25, 0.3) is 0 Å². The summed E-state index contributed by atoms with van der Waals surface area (Å²) in [7, 11) is 2.16. The predicted molar refractivity (Wildman–Crippen MR) is 83.5 cm³/mol. The van der Waals surface area contributed by atoms with Gasteiger partial charge < -0.3 is 9.84 Å². The van der Waals surface area contributed by atoms with Crippen molar-refractivity contribution in [1.29, 1.82) is 0 Å². The van der Waals surface area contributed by atoms with Crippen LogP contribution in [0.3, 0.4) is 0 Å². The van der Waals surface area contributed by atoms with Crippen LogP contribution in [0.2, 0.25) is 0 Å². The molecular weight excluding hydrogens is 266 g/mol. The topological polar surface area (TPSA) is 49.8 Å². The normalized spacial score (nSPS) is 29.5. The monoisotopic (exact) mass is 297 g/mol. The Bertz CT molecular complexity index is 337. The highest BCUT2D eigenvalue weighted by Gasteiger charge is 2.42. The molecule has 21 heavy (non-hydrogen) atoms. The molecule has 1 saturated heterocycles. The Hall–Kier alpha value is -0.610. The van der Waals surface area contributed by atoms with E-state index in [4.69, 9.17) is 4.74 Å². The third kappa shape index (κ3) is 4.19. The quantitative estimate of drug-likeness (QED) is 0.816. The molecule has 2 unspecified atom stereocenters. The van der Waals surface area contributed by atoms with Crippen molar-refractivity contribution in [1.82, 2.24) is 4.90 Å². The lowest BCUT2D eigenvalue weighted by Crippen LogP contribution is -2.55. The molecule has 1 N–H and O–H groups in total. The summed E-state index contributed by atoms with van der Waals surface area (Å²) >= 11 is 0. The molecule has 4 heteroatoms. The van der Waals surface area contributed by atoms with E-state index in [1.807, 2.05) is 0 Å². The molecule has 4 nitrogen and oxygen atoms in total. The van der Waals surface area contributed by atoms with Crippen LogP contribution in [0.4, 0.5) is 0 Å². The number of aliphatic carboxylic acids is 1. The smallest absolute Gasteiger partial charge is 0.305 e. The minimum absolute atomic E-state index is 0.122. The summed E-state index contributed by atoms with van der Waals surface area (Å²) in [5, 5.41) is 9.36. The van der Waals surface area contributed by atoms with Gasteiger partial charge in [0.1, 0.15) is 0 Å². The van der Waals surface area contributed by atoms with Crippen LogP contribution in [-0.4, -0.2) is 47.3 Å². The highest BCUT2D eigenvalue weighted by molar-refractivity contribution is 5.68. The third-order valence-corrected chi connectivity index (χ3v) is 5.51. The lowest BCUT2D eigenvalue weighted by molar-refractivity contribution is -0.142. The van der Waals surface area contributed by atoms with Crippen LogP contribution in [0, 0.1) is 0 Å². The summed E-state index contributed by atoms with van der Waals surface area (Å²) in [5.41, 5.74) is -0.122. The SMILES string of the molecule is CCCC1CC(N(C)C2(CC(=O)O)CCCCC2)CCO1. The number of rotatable bonds is 6. The number of carbonyl (C=O) groups is 1. The second kappa shape index (κ2) is 7.59. The van der Waals surface area contributed by atoms with E-state index in [1.165, 1.54) is 19.3 Å². The molecule has 1 aliphatic carbocycles. The zero-order valence-corrected chi connectivity index (χ0v) is 13.6. The molecule has 2 fully saturated rings. The first-order valence-corrected chi connectivity index (χ1v) is 8.64. The van der Waals surface area contributed by atoms with E-state index in [-0.39, 0.29) is 5.54 Å². The fourth-order valence-electron chi connectivity index (χ4n) is 4.27. The third-order valence-electron chi connectivity index (χ3n) is 5.51. The summed E-state index contributed by atoms with van der Waals surface area (Å²) < 4.78 is 5.86. The van der Waals surface area contributed by atoms with Crippen molar-refractivity contribution < 1.29 is 14.6 Å². The summed E-state index contributed by atoms with van der Waals surface area (Å²) in [5.74, 6) is -0.652. The standard InChI is InChI=1S/C17H31NO3/c1-3-7-15-12-14(8-11-21-15)18(2)17(13-16(19)20)9-5-4-6-10-17/h14-15H,3-13H2,1-2H3,(H,19,20). The predicted octanol–water partition coefficient (Wildman–Crippen LogP) is 3.44. The van der Waals surface area contributed by atoms with E-state index < -0.39 is 5.97 Å². The van der Waals surface area contributed by atoms with Gasteiger partial charge in [0, 0.05) is 18.2 Å². The lowest BCUT2D eigenvalue weighted by Gasteiger charge is -2.49. The fraction of sp³-hybridized carbons (Fsp3) is 0.941. The molecule has 0 spiro atoms. The second-order valence-electron chi connectivity index (χ2n) is 6.93. The summed E-state index contributed by atoms with van der Waals surface area (Å²) in [4.78, 5) is 13.8. The molecule has 0 aromatic carbocycles. The van der Waals surface area contributed by atoms with E-state index in [2.05, 4.69) is 18.9 Å². The zero-order valence-electron chi connectivity index (χ0n) is 13.6. The average Bonchev–Trinajstić information content (AvgIpc) is 2.47. The van der Waals surface area contributed by atoms with Gasteiger partial charge in [0.25, 0.3) is 0 Å². The molecule has 0 aromatic rings. The maximum absolute atomic E-state index is 11.4. The van der Waals surface area contributed by atoms with Gasteiger partial charge >= 0.3 is 5.97 Å². The van der Waals surface area contributed by atoms with Gasteiger partial charge in [0.15, 0.2) is 0 Å². The van der Waals surface area contributed by atoms with E-state index in [0.29, 0.717) is 18.6 Å². The van der Waals surface area contributed by atoms with E-state index in [9.17, 15) is 9.90 Å². The Kier molecular flexibility index (Phi) is 6.06. The van der Waals surface area contributed by atoms with Crippen LogP contribution < -0.4 is 0 Å². The highest BCUT2D eigenvalue weighted by atomic mass is 16.5.